The molecule has 5 atom stereocenters. The first-order valence-corrected chi connectivity index (χ1v) is 11.7. The quantitative estimate of drug-likeness (QED) is 0.560. The van der Waals surface area contributed by atoms with E-state index < -0.39 is 35.6 Å². The molecule has 1 aromatic rings. The normalized spacial score (nSPS) is 26.7. The van der Waals surface area contributed by atoms with Gasteiger partial charge in [0.25, 0.3) is 0 Å². The van der Waals surface area contributed by atoms with Gasteiger partial charge in [0.2, 0.25) is 11.8 Å². The average molecular weight is 470 g/mol. The van der Waals surface area contributed by atoms with Crippen LogP contribution in [-0.4, -0.2) is 53.7 Å². The van der Waals surface area contributed by atoms with Gasteiger partial charge in [-0.25, -0.2) is 4.39 Å². The van der Waals surface area contributed by atoms with E-state index in [2.05, 4.69) is 22.0 Å². The number of nitrogens with zero attached hydrogens (tertiary/aromatic N) is 2. The summed E-state index contributed by atoms with van der Waals surface area (Å²) in [6, 6.07) is 5.81. The molecule has 2 aliphatic heterocycles. The summed E-state index contributed by atoms with van der Waals surface area (Å²) in [5, 5.41) is 17.4. The lowest BCUT2D eigenvalue weighted by Crippen LogP contribution is -2.53. The van der Waals surface area contributed by atoms with Crippen molar-refractivity contribution in [2.45, 2.75) is 50.6 Å². The number of benzene rings is 1. The Morgan fingerprint density at radius 3 is 2.74 bits per heavy atom. The molecule has 0 radical (unpaired) electrons. The van der Waals surface area contributed by atoms with Crippen molar-refractivity contribution in [3.63, 3.8) is 0 Å². The lowest BCUT2D eigenvalue weighted by molar-refractivity contribution is -0.146. The molecule has 0 bridgehead atoms. The van der Waals surface area contributed by atoms with Gasteiger partial charge >= 0.3 is 11.8 Å². The fourth-order valence-corrected chi connectivity index (χ4v) is 5.47. The molecule has 0 unspecified atom stereocenters. The molecule has 3 fully saturated rings. The number of amides is 4. The zero-order valence-electron chi connectivity index (χ0n) is 18.8. The Kier molecular flexibility index (Phi) is 7.10. The average Bonchev–Trinajstić information content (AvgIpc) is 3.42. The first-order chi connectivity index (χ1) is 16.4. The summed E-state index contributed by atoms with van der Waals surface area (Å²) in [6.45, 7) is 0.866. The molecule has 0 spiro atoms. The molecule has 180 valence electrons. The van der Waals surface area contributed by atoms with Gasteiger partial charge in [-0.2, -0.15) is 5.26 Å². The maximum absolute atomic E-state index is 13.9. The van der Waals surface area contributed by atoms with E-state index >= 15 is 0 Å². The molecule has 3 aliphatic rings. The third-order valence-electron chi connectivity index (χ3n) is 7.13. The second kappa shape index (κ2) is 10.2. The number of hydrogen-bond acceptors (Lipinski definition) is 5. The third kappa shape index (κ3) is 4.88. The van der Waals surface area contributed by atoms with Crippen molar-refractivity contribution in [2.75, 3.05) is 18.4 Å². The largest absolute Gasteiger partial charge is 0.356 e. The van der Waals surface area contributed by atoms with Gasteiger partial charge < -0.3 is 20.9 Å². The second-order valence-electron chi connectivity index (χ2n) is 9.25. The van der Waals surface area contributed by atoms with Crippen molar-refractivity contribution in [1.82, 2.24) is 15.5 Å². The van der Waals surface area contributed by atoms with Gasteiger partial charge in [-0.05, 0) is 56.1 Å². The highest BCUT2D eigenvalue weighted by atomic mass is 19.1. The van der Waals surface area contributed by atoms with Crippen LogP contribution in [0.2, 0.25) is 0 Å². The topological polar surface area (TPSA) is 131 Å². The minimum absolute atomic E-state index is 0.0885. The highest BCUT2D eigenvalue weighted by Crippen LogP contribution is 2.42. The molecule has 1 saturated carbocycles. The molecule has 4 rings (SSSR count). The van der Waals surface area contributed by atoms with Gasteiger partial charge in [-0.3, -0.25) is 19.2 Å². The minimum atomic E-state index is -1.02. The van der Waals surface area contributed by atoms with E-state index in [0.29, 0.717) is 13.0 Å². The lowest BCUT2D eigenvalue weighted by Gasteiger charge is -2.28. The summed E-state index contributed by atoms with van der Waals surface area (Å²) < 4.78 is 13.9. The first-order valence-electron chi connectivity index (χ1n) is 11.7. The molecule has 10 heteroatoms. The van der Waals surface area contributed by atoms with Crippen molar-refractivity contribution in [3.05, 3.63) is 30.1 Å². The summed E-state index contributed by atoms with van der Waals surface area (Å²) >= 11 is 0. The van der Waals surface area contributed by atoms with E-state index in [-0.39, 0.29) is 42.3 Å². The monoisotopic (exact) mass is 469 g/mol. The fourth-order valence-electron chi connectivity index (χ4n) is 5.47. The predicted molar refractivity (Wildman–Crippen MR) is 119 cm³/mol. The van der Waals surface area contributed by atoms with Gasteiger partial charge in [0, 0.05) is 19.0 Å². The molecular formula is C24H28FN5O4. The number of carbonyl (C=O) groups is 4. The van der Waals surface area contributed by atoms with Crippen molar-refractivity contribution in [3.8, 4) is 6.07 Å². The third-order valence-corrected chi connectivity index (χ3v) is 7.13. The molecule has 2 heterocycles. The van der Waals surface area contributed by atoms with Gasteiger partial charge in [-0.15, -0.1) is 0 Å². The maximum Gasteiger partial charge on any atom is 0.314 e. The van der Waals surface area contributed by atoms with E-state index in [9.17, 15) is 28.8 Å². The van der Waals surface area contributed by atoms with Crippen LogP contribution in [0.3, 0.4) is 0 Å². The van der Waals surface area contributed by atoms with Crippen LogP contribution in [-0.2, 0) is 19.2 Å². The van der Waals surface area contributed by atoms with Crippen LogP contribution in [0, 0.1) is 34.9 Å². The fraction of sp³-hybridized carbons (Fsp3) is 0.542. The summed E-state index contributed by atoms with van der Waals surface area (Å²) in [6.07, 6.45) is 4.16. The van der Waals surface area contributed by atoms with E-state index in [1.165, 1.54) is 29.2 Å². The van der Waals surface area contributed by atoms with Crippen molar-refractivity contribution >= 4 is 29.3 Å². The van der Waals surface area contributed by atoms with Crippen LogP contribution in [0.15, 0.2) is 24.3 Å². The molecule has 2 saturated heterocycles. The summed E-state index contributed by atoms with van der Waals surface area (Å²) in [5.74, 6) is -3.58. The Morgan fingerprint density at radius 2 is 2.00 bits per heavy atom. The summed E-state index contributed by atoms with van der Waals surface area (Å²) in [5.41, 5.74) is -0.114. The first kappa shape index (κ1) is 23.7. The zero-order valence-corrected chi connectivity index (χ0v) is 18.8. The Hall–Kier alpha value is -3.48. The van der Waals surface area contributed by atoms with E-state index in [1.807, 2.05) is 0 Å². The summed E-state index contributed by atoms with van der Waals surface area (Å²) in [7, 11) is 0. The van der Waals surface area contributed by atoms with E-state index in [1.54, 1.807) is 0 Å². The van der Waals surface area contributed by atoms with Gasteiger partial charge in [-0.1, -0.05) is 18.6 Å². The number of nitrogens with one attached hydrogen (secondary N) is 3. The number of anilines is 1. The highest BCUT2D eigenvalue weighted by molar-refractivity contribution is 6.40. The van der Waals surface area contributed by atoms with Crippen LogP contribution < -0.4 is 16.0 Å². The van der Waals surface area contributed by atoms with Crippen LogP contribution in [0.5, 0.6) is 0 Å². The van der Waals surface area contributed by atoms with Crippen LogP contribution in [0.4, 0.5) is 10.1 Å². The standard InChI is InChI=1S/C24H28FN5O4/c25-18-8-1-2-9-19(18)29-23(33)24(34)30-13-15-5-3-7-17(15)20(30)22(32)28-16(12-26)11-14-6-4-10-27-21(14)31/h1-2,8-9,14-17,20H,3-7,10-11,13H2,(H,27,31)(H,28,32)(H,29,33)/t14-,15-,16-,17-,20-/m0/s1. The Morgan fingerprint density at radius 1 is 1.21 bits per heavy atom. The molecule has 4 amide bonds. The number of likely N-dealkylation sites (tertiary alicyclic amines) is 1. The number of halogens is 1. The number of carbonyl (C=O) groups excluding carboxylic acids is 4. The van der Waals surface area contributed by atoms with E-state index in [0.717, 1.165) is 25.7 Å². The molecule has 9 nitrogen and oxygen atoms in total. The van der Waals surface area contributed by atoms with Crippen LogP contribution in [0.25, 0.3) is 0 Å². The Balaban J connectivity index is 1.46. The smallest absolute Gasteiger partial charge is 0.314 e. The molecule has 3 N–H and O–H groups in total. The lowest BCUT2D eigenvalue weighted by atomic mass is 9.91. The highest BCUT2D eigenvalue weighted by Gasteiger charge is 2.50. The SMILES string of the molecule is N#C[C@H](C[C@@H]1CCCNC1=O)NC(=O)[C@@H]1[C@H]2CCC[C@H]2CN1C(=O)C(=O)Nc1ccccc1F. The second-order valence-corrected chi connectivity index (χ2v) is 9.25. The number of rotatable bonds is 5. The molecule has 0 aromatic heterocycles. The van der Waals surface area contributed by atoms with Crippen molar-refractivity contribution in [1.29, 1.82) is 5.26 Å². The van der Waals surface area contributed by atoms with Crippen LogP contribution in [0.1, 0.15) is 38.5 Å². The van der Waals surface area contributed by atoms with Crippen molar-refractivity contribution < 1.29 is 23.6 Å². The molecular weight excluding hydrogens is 441 g/mol. The maximum atomic E-state index is 13.9. The Labute approximate surface area is 197 Å². The zero-order chi connectivity index (χ0) is 24.2. The summed E-state index contributed by atoms with van der Waals surface area (Å²) in [4.78, 5) is 52.2. The Bertz CT molecular complexity index is 1020. The molecule has 1 aliphatic carbocycles. The van der Waals surface area contributed by atoms with Gasteiger partial charge in [0.15, 0.2) is 0 Å². The number of fused-ring (bicyclic) bond motifs is 1. The minimum Gasteiger partial charge on any atom is -0.356 e. The molecule has 34 heavy (non-hydrogen) atoms. The number of para-hydroxylation sites is 1. The number of piperidine rings is 1. The number of hydrogen-bond donors (Lipinski definition) is 3. The molecule has 1 aromatic carbocycles. The predicted octanol–water partition coefficient (Wildman–Crippen LogP) is 1.32. The van der Waals surface area contributed by atoms with Gasteiger partial charge in [0.1, 0.15) is 17.9 Å². The van der Waals surface area contributed by atoms with E-state index in [4.69, 9.17) is 0 Å². The van der Waals surface area contributed by atoms with Gasteiger partial charge in [0.05, 0.1) is 11.8 Å². The van der Waals surface area contributed by atoms with Crippen molar-refractivity contribution in [2.24, 2.45) is 17.8 Å². The number of nitriles is 1. The van der Waals surface area contributed by atoms with Crippen LogP contribution >= 0.6 is 0 Å².